The molecule has 2 heterocycles. The maximum Gasteiger partial charge on any atom is 0.220 e. The van der Waals surface area contributed by atoms with E-state index < -0.39 is 0 Å². The first-order valence-corrected chi connectivity index (χ1v) is 10.2. The summed E-state index contributed by atoms with van der Waals surface area (Å²) < 4.78 is 5.48. The minimum absolute atomic E-state index is 0.191. The van der Waals surface area contributed by atoms with Crippen LogP contribution in [-0.4, -0.2) is 49.7 Å². The molecule has 5 heteroatoms. The summed E-state index contributed by atoms with van der Waals surface area (Å²) in [5.74, 6) is 0.824. The molecule has 24 heavy (non-hydrogen) atoms. The fraction of sp³-hybridized carbons (Fsp3) is 0.737. The van der Waals surface area contributed by atoms with E-state index in [1.807, 2.05) is 0 Å². The molecule has 0 aliphatic carbocycles. The summed E-state index contributed by atoms with van der Waals surface area (Å²) in [6, 6.07) is 4.65. The third-order valence-corrected chi connectivity index (χ3v) is 5.96. The van der Waals surface area contributed by atoms with E-state index in [-0.39, 0.29) is 5.91 Å². The summed E-state index contributed by atoms with van der Waals surface area (Å²) in [6.45, 7) is 8.86. The fourth-order valence-corrected chi connectivity index (χ4v) is 4.27. The van der Waals surface area contributed by atoms with Gasteiger partial charge >= 0.3 is 0 Å². The Kier molecular flexibility index (Phi) is 8.78. The highest BCUT2D eigenvalue weighted by Crippen LogP contribution is 2.19. The Morgan fingerprint density at radius 2 is 2.08 bits per heavy atom. The second kappa shape index (κ2) is 10.9. The van der Waals surface area contributed by atoms with Crippen molar-refractivity contribution in [2.75, 3.05) is 32.8 Å². The Morgan fingerprint density at radius 3 is 2.71 bits per heavy atom. The molecule has 1 unspecified atom stereocenters. The topological polar surface area (TPSA) is 41.6 Å². The zero-order valence-electron chi connectivity index (χ0n) is 15.1. The van der Waals surface area contributed by atoms with Crippen LogP contribution < -0.4 is 5.32 Å². The molecular weight excluding hydrogens is 320 g/mol. The third-order valence-electron chi connectivity index (χ3n) is 5.02. The lowest BCUT2D eigenvalue weighted by Gasteiger charge is -2.38. The lowest BCUT2D eigenvalue weighted by molar-refractivity contribution is -0.121. The van der Waals surface area contributed by atoms with Gasteiger partial charge in [0.05, 0.1) is 13.2 Å². The molecule has 0 spiro atoms. The Labute approximate surface area is 150 Å². The fourth-order valence-electron chi connectivity index (χ4n) is 3.52. The van der Waals surface area contributed by atoms with E-state index in [1.54, 1.807) is 11.3 Å². The average Bonchev–Trinajstić information content (AvgIpc) is 3.13. The van der Waals surface area contributed by atoms with Gasteiger partial charge in [-0.2, -0.15) is 0 Å². The largest absolute Gasteiger partial charge is 0.379 e. The number of nitrogens with zero attached hydrogens (tertiary/aromatic N) is 1. The number of aryl methyl sites for hydroxylation is 1. The molecule has 0 radical (unpaired) electrons. The van der Waals surface area contributed by atoms with Crippen LogP contribution in [0.25, 0.3) is 0 Å². The van der Waals surface area contributed by atoms with Gasteiger partial charge in [0.25, 0.3) is 0 Å². The molecule has 2 rings (SSSR count). The zero-order chi connectivity index (χ0) is 17.2. The highest BCUT2D eigenvalue weighted by Gasteiger charge is 2.27. The van der Waals surface area contributed by atoms with Crippen molar-refractivity contribution in [2.24, 2.45) is 5.92 Å². The van der Waals surface area contributed by atoms with Crippen LogP contribution in [0.4, 0.5) is 0 Å². The SMILES string of the molecule is CCC(CC)C(CNC(=O)CCCc1cccs1)N1CCOCC1. The van der Waals surface area contributed by atoms with Gasteiger partial charge in [-0.1, -0.05) is 32.8 Å². The second-order valence-corrected chi connectivity index (χ2v) is 7.56. The highest BCUT2D eigenvalue weighted by molar-refractivity contribution is 7.09. The summed E-state index contributed by atoms with van der Waals surface area (Å²) in [6.07, 6.45) is 4.88. The number of rotatable bonds is 10. The van der Waals surface area contributed by atoms with Gasteiger partial charge < -0.3 is 10.1 Å². The monoisotopic (exact) mass is 352 g/mol. The Hall–Kier alpha value is -0.910. The molecule has 1 aromatic heterocycles. The van der Waals surface area contributed by atoms with Gasteiger partial charge in [-0.3, -0.25) is 9.69 Å². The van der Waals surface area contributed by atoms with Crippen LogP contribution in [0.1, 0.15) is 44.4 Å². The molecule has 1 fully saturated rings. The van der Waals surface area contributed by atoms with Gasteiger partial charge in [0, 0.05) is 37.0 Å². The van der Waals surface area contributed by atoms with Crippen molar-refractivity contribution in [3.05, 3.63) is 22.4 Å². The van der Waals surface area contributed by atoms with Crippen molar-refractivity contribution in [3.8, 4) is 0 Å². The lowest BCUT2D eigenvalue weighted by Crippen LogP contribution is -2.52. The molecule has 1 amide bonds. The van der Waals surface area contributed by atoms with Crippen molar-refractivity contribution in [1.82, 2.24) is 10.2 Å². The zero-order valence-corrected chi connectivity index (χ0v) is 15.9. The number of carbonyl (C=O) groups excluding carboxylic acids is 1. The van der Waals surface area contributed by atoms with E-state index in [2.05, 4.69) is 41.6 Å². The van der Waals surface area contributed by atoms with E-state index in [9.17, 15) is 4.79 Å². The van der Waals surface area contributed by atoms with Crippen LogP contribution in [0.2, 0.25) is 0 Å². The van der Waals surface area contributed by atoms with E-state index in [4.69, 9.17) is 4.74 Å². The molecule has 136 valence electrons. The Balaban J connectivity index is 1.76. The van der Waals surface area contributed by atoms with Crippen LogP contribution in [-0.2, 0) is 16.0 Å². The van der Waals surface area contributed by atoms with Crippen LogP contribution in [0.5, 0.6) is 0 Å². The number of ether oxygens (including phenoxy) is 1. The predicted molar refractivity (Wildman–Crippen MR) is 101 cm³/mol. The maximum absolute atomic E-state index is 12.2. The van der Waals surface area contributed by atoms with Gasteiger partial charge in [-0.25, -0.2) is 0 Å². The molecule has 0 bridgehead atoms. The van der Waals surface area contributed by atoms with Crippen molar-refractivity contribution >= 4 is 17.2 Å². The van der Waals surface area contributed by atoms with Crippen molar-refractivity contribution in [1.29, 1.82) is 0 Å². The van der Waals surface area contributed by atoms with Crippen LogP contribution >= 0.6 is 11.3 Å². The first kappa shape index (κ1) is 19.4. The maximum atomic E-state index is 12.2. The second-order valence-electron chi connectivity index (χ2n) is 6.53. The van der Waals surface area contributed by atoms with Crippen molar-refractivity contribution in [2.45, 2.75) is 52.0 Å². The highest BCUT2D eigenvalue weighted by atomic mass is 32.1. The molecular formula is C19H32N2O2S. The number of carbonyl (C=O) groups is 1. The molecule has 1 aliphatic rings. The van der Waals surface area contributed by atoms with Gasteiger partial charge in [-0.15, -0.1) is 11.3 Å². The minimum Gasteiger partial charge on any atom is -0.379 e. The first-order valence-electron chi connectivity index (χ1n) is 9.35. The van der Waals surface area contributed by atoms with Crippen molar-refractivity contribution < 1.29 is 9.53 Å². The number of nitrogens with one attached hydrogen (secondary N) is 1. The number of hydrogen-bond donors (Lipinski definition) is 1. The molecule has 0 aromatic carbocycles. The minimum atomic E-state index is 0.191. The van der Waals surface area contributed by atoms with Gasteiger partial charge in [-0.05, 0) is 30.2 Å². The summed E-state index contributed by atoms with van der Waals surface area (Å²) in [4.78, 5) is 16.1. The Bertz CT molecular complexity index is 454. The summed E-state index contributed by atoms with van der Waals surface area (Å²) >= 11 is 1.77. The predicted octanol–water partition coefficient (Wildman–Crippen LogP) is 3.32. The molecule has 4 nitrogen and oxygen atoms in total. The standard InChI is InChI=1S/C19H32N2O2S/c1-3-16(4-2)18(21-10-12-23-13-11-21)15-20-19(22)9-5-7-17-8-6-14-24-17/h6,8,14,16,18H,3-5,7,9-13,15H2,1-2H3,(H,20,22). The number of thiophene rings is 1. The van der Waals surface area contributed by atoms with E-state index in [1.165, 1.54) is 4.88 Å². The van der Waals surface area contributed by atoms with E-state index in [0.717, 1.165) is 58.5 Å². The average molecular weight is 353 g/mol. The quantitative estimate of drug-likeness (QED) is 0.702. The normalized spacial score (nSPS) is 17.1. The molecule has 1 N–H and O–H groups in total. The lowest BCUT2D eigenvalue weighted by atomic mass is 9.92. The van der Waals surface area contributed by atoms with Crippen LogP contribution in [0.3, 0.4) is 0 Å². The Morgan fingerprint density at radius 1 is 1.33 bits per heavy atom. The molecule has 1 atom stereocenters. The molecule has 1 aromatic rings. The first-order chi connectivity index (χ1) is 11.7. The smallest absolute Gasteiger partial charge is 0.220 e. The molecule has 1 aliphatic heterocycles. The van der Waals surface area contributed by atoms with Crippen LogP contribution in [0, 0.1) is 5.92 Å². The van der Waals surface area contributed by atoms with Crippen molar-refractivity contribution in [3.63, 3.8) is 0 Å². The number of amides is 1. The third kappa shape index (κ3) is 6.19. The summed E-state index contributed by atoms with van der Waals surface area (Å²) in [7, 11) is 0. The van der Waals surface area contributed by atoms with Crippen LogP contribution in [0.15, 0.2) is 17.5 Å². The van der Waals surface area contributed by atoms with Gasteiger partial charge in [0.2, 0.25) is 5.91 Å². The number of morpholine rings is 1. The van der Waals surface area contributed by atoms with Gasteiger partial charge in [0.15, 0.2) is 0 Å². The number of hydrogen-bond acceptors (Lipinski definition) is 4. The summed E-state index contributed by atoms with van der Waals surface area (Å²) in [5, 5.41) is 5.29. The van der Waals surface area contributed by atoms with Gasteiger partial charge in [0.1, 0.15) is 0 Å². The summed E-state index contributed by atoms with van der Waals surface area (Å²) in [5.41, 5.74) is 0. The molecule has 0 saturated carbocycles. The molecule has 1 saturated heterocycles. The van der Waals surface area contributed by atoms with E-state index >= 15 is 0 Å². The van der Waals surface area contributed by atoms with E-state index in [0.29, 0.717) is 18.4 Å².